The van der Waals surface area contributed by atoms with Crippen LogP contribution in [0, 0.1) is 0 Å². The van der Waals surface area contributed by atoms with Crippen molar-refractivity contribution in [2.24, 2.45) is 0 Å². The molecule has 0 fully saturated rings. The van der Waals surface area contributed by atoms with E-state index in [0.29, 0.717) is 34.6 Å². The van der Waals surface area contributed by atoms with Crippen LogP contribution in [0.15, 0.2) is 74.8 Å². The smallest absolute Gasteiger partial charge is 0.267 e. The van der Waals surface area contributed by atoms with Gasteiger partial charge in [0.2, 0.25) is 0 Å². The minimum Gasteiger partial charge on any atom is -0.267 e. The molecule has 0 saturated carbocycles. The molecule has 0 spiro atoms. The highest BCUT2D eigenvalue weighted by atomic mass is 79.9. The lowest BCUT2D eigenvalue weighted by Gasteiger charge is -2.19. The number of hydrogen-bond acceptors (Lipinski definition) is 4. The summed E-state index contributed by atoms with van der Waals surface area (Å²) in [4.78, 5) is 25.3. The van der Waals surface area contributed by atoms with Gasteiger partial charge in [0.05, 0.1) is 21.5 Å². The summed E-state index contributed by atoms with van der Waals surface area (Å²) in [5, 5.41) is 3.48. The van der Waals surface area contributed by atoms with E-state index in [4.69, 9.17) is 11.6 Å². The highest BCUT2D eigenvalue weighted by Crippen LogP contribution is 2.34. The van der Waals surface area contributed by atoms with Gasteiger partial charge >= 0.3 is 0 Å². The second-order valence-corrected chi connectivity index (χ2v) is 10.6. The van der Waals surface area contributed by atoms with Gasteiger partial charge in [0.25, 0.3) is 21.5 Å². The average molecular weight is 533 g/mol. The number of rotatable bonds is 3. The molecule has 0 unspecified atom stereocenters. The second-order valence-electron chi connectivity index (χ2n) is 7.37. The fourth-order valence-electron chi connectivity index (χ4n) is 3.88. The van der Waals surface area contributed by atoms with Crippen molar-refractivity contribution in [3.8, 4) is 0 Å². The zero-order chi connectivity index (χ0) is 22.6. The van der Waals surface area contributed by atoms with Crippen molar-refractivity contribution in [1.29, 1.82) is 0 Å². The van der Waals surface area contributed by atoms with Crippen molar-refractivity contribution in [3.05, 3.63) is 91.6 Å². The summed E-state index contributed by atoms with van der Waals surface area (Å²) in [6.45, 7) is 0.324. The Morgan fingerprint density at radius 1 is 1.03 bits per heavy atom. The van der Waals surface area contributed by atoms with Gasteiger partial charge in [-0.25, -0.2) is 13.1 Å². The molecule has 5 rings (SSSR count). The molecule has 10 heteroatoms. The summed E-state index contributed by atoms with van der Waals surface area (Å²) >= 11 is 9.33. The zero-order valence-corrected chi connectivity index (χ0v) is 19.5. The fraction of sp³-hybridized carbons (Fsp3) is 0.0909. The first-order valence-electron chi connectivity index (χ1n) is 9.62. The Morgan fingerprint density at radius 3 is 2.53 bits per heavy atom. The van der Waals surface area contributed by atoms with E-state index in [1.54, 1.807) is 36.4 Å². The number of aromatic amines is 1. The quantitative estimate of drug-likeness (QED) is 0.428. The molecule has 0 atom stereocenters. The van der Waals surface area contributed by atoms with Crippen LogP contribution in [-0.4, -0.2) is 30.7 Å². The van der Waals surface area contributed by atoms with Crippen LogP contribution < -0.4 is 9.86 Å². The van der Waals surface area contributed by atoms with Gasteiger partial charge in [-0.3, -0.25) is 19.0 Å². The Bertz CT molecular complexity index is 1560. The molecule has 7 nitrogen and oxygen atoms in total. The maximum Gasteiger partial charge on any atom is 0.277 e. The number of halogens is 2. The molecule has 1 aromatic heterocycles. The maximum atomic E-state index is 13.2. The zero-order valence-electron chi connectivity index (χ0n) is 16.4. The van der Waals surface area contributed by atoms with Crippen molar-refractivity contribution in [3.63, 3.8) is 0 Å². The average Bonchev–Trinajstić information content (AvgIpc) is 3.34. The van der Waals surface area contributed by atoms with E-state index in [9.17, 15) is 18.0 Å². The van der Waals surface area contributed by atoms with Crippen LogP contribution in [0.5, 0.6) is 0 Å². The molecule has 1 aliphatic rings. The summed E-state index contributed by atoms with van der Waals surface area (Å²) in [5.41, 5.74) is 1.78. The fourth-order valence-corrected chi connectivity index (χ4v) is 5.94. The van der Waals surface area contributed by atoms with Crippen molar-refractivity contribution < 1.29 is 13.2 Å². The van der Waals surface area contributed by atoms with Gasteiger partial charge < -0.3 is 0 Å². The lowest BCUT2D eigenvalue weighted by Crippen LogP contribution is -2.29. The number of benzene rings is 3. The molecule has 0 amide bonds. The second kappa shape index (κ2) is 7.61. The summed E-state index contributed by atoms with van der Waals surface area (Å²) in [6.07, 6.45) is 0.579. The first-order chi connectivity index (χ1) is 15.3. The van der Waals surface area contributed by atoms with E-state index in [0.717, 1.165) is 14.7 Å². The number of anilines is 1. The maximum absolute atomic E-state index is 13.2. The standard InChI is InChI=1S/C22H15BrClN3O4S/c23-15-3-7-20-18(12-15)21(28)25-27(20)22(29)13-1-5-17(6-2-13)32(30,31)26-10-9-14-11-16(24)4-8-19(14)26/h1-8,11-12H,9-10H2,(H,25,28). The van der Waals surface area contributed by atoms with E-state index in [1.807, 2.05) is 0 Å². The molecule has 32 heavy (non-hydrogen) atoms. The number of carbonyl (C=O) groups is 1. The van der Waals surface area contributed by atoms with Crippen LogP contribution in [0.4, 0.5) is 5.69 Å². The highest BCUT2D eigenvalue weighted by Gasteiger charge is 2.31. The molecule has 2 heterocycles. The number of hydrogen-bond donors (Lipinski definition) is 1. The molecule has 0 radical (unpaired) electrons. The highest BCUT2D eigenvalue weighted by molar-refractivity contribution is 9.10. The molecule has 4 aromatic rings. The Morgan fingerprint density at radius 2 is 1.78 bits per heavy atom. The third-order valence-electron chi connectivity index (χ3n) is 5.44. The number of nitrogens with one attached hydrogen (secondary N) is 1. The number of sulfonamides is 1. The van der Waals surface area contributed by atoms with Crippen molar-refractivity contribution in [2.45, 2.75) is 11.3 Å². The van der Waals surface area contributed by atoms with Gasteiger partial charge in [-0.2, -0.15) is 0 Å². The largest absolute Gasteiger partial charge is 0.277 e. The minimum absolute atomic E-state index is 0.0756. The number of H-pyrrole nitrogens is 1. The van der Waals surface area contributed by atoms with Crippen LogP contribution >= 0.6 is 27.5 Å². The van der Waals surface area contributed by atoms with Gasteiger partial charge in [-0.15, -0.1) is 0 Å². The van der Waals surface area contributed by atoms with Gasteiger partial charge in [-0.1, -0.05) is 27.5 Å². The van der Waals surface area contributed by atoms with Crippen molar-refractivity contribution >= 4 is 60.1 Å². The van der Waals surface area contributed by atoms with Crippen LogP contribution in [0.25, 0.3) is 10.9 Å². The molecule has 0 aliphatic carbocycles. The molecule has 0 bridgehead atoms. The van der Waals surface area contributed by atoms with Gasteiger partial charge in [-0.05, 0) is 72.6 Å². The van der Waals surface area contributed by atoms with E-state index in [1.165, 1.54) is 28.6 Å². The van der Waals surface area contributed by atoms with E-state index < -0.39 is 15.9 Å². The summed E-state index contributed by atoms with van der Waals surface area (Å²) < 4.78 is 29.6. The molecule has 162 valence electrons. The Hall–Kier alpha value is -2.88. The van der Waals surface area contributed by atoms with Crippen LogP contribution in [0.2, 0.25) is 5.02 Å². The van der Waals surface area contributed by atoms with Crippen LogP contribution in [0.3, 0.4) is 0 Å². The normalized spacial score (nSPS) is 13.5. The summed E-state index contributed by atoms with van der Waals surface area (Å²) in [7, 11) is -3.80. The number of fused-ring (bicyclic) bond motifs is 2. The third kappa shape index (κ3) is 3.37. The molecule has 3 aromatic carbocycles. The first-order valence-corrected chi connectivity index (χ1v) is 12.2. The SMILES string of the molecule is O=C(c1ccc(S(=O)(=O)N2CCc3cc(Cl)ccc32)cc1)n1[nH]c(=O)c2cc(Br)ccc21. The van der Waals surface area contributed by atoms with Gasteiger partial charge in [0, 0.05) is 21.6 Å². The predicted molar refractivity (Wildman–Crippen MR) is 126 cm³/mol. The minimum atomic E-state index is -3.80. The van der Waals surface area contributed by atoms with Crippen molar-refractivity contribution in [1.82, 2.24) is 9.78 Å². The first kappa shape index (κ1) is 21.0. The third-order valence-corrected chi connectivity index (χ3v) is 8.00. The molecule has 1 N–H and O–H groups in total. The molecular weight excluding hydrogens is 518 g/mol. The lowest BCUT2D eigenvalue weighted by atomic mass is 10.2. The predicted octanol–water partition coefficient (Wildman–Crippen LogP) is 4.19. The van der Waals surface area contributed by atoms with E-state index in [-0.39, 0.29) is 16.0 Å². The van der Waals surface area contributed by atoms with Crippen LogP contribution in [-0.2, 0) is 16.4 Å². The molecule has 1 aliphatic heterocycles. The van der Waals surface area contributed by atoms with E-state index in [2.05, 4.69) is 21.0 Å². The monoisotopic (exact) mass is 531 g/mol. The van der Waals surface area contributed by atoms with Crippen LogP contribution in [0.1, 0.15) is 15.9 Å². The van der Waals surface area contributed by atoms with Gasteiger partial charge in [0.1, 0.15) is 0 Å². The number of aromatic nitrogens is 2. The van der Waals surface area contributed by atoms with Crippen molar-refractivity contribution in [2.75, 3.05) is 10.8 Å². The Labute approximate surface area is 196 Å². The lowest BCUT2D eigenvalue weighted by molar-refractivity contribution is 0.0950. The Kier molecular flexibility index (Phi) is 4.99. The topological polar surface area (TPSA) is 92.2 Å². The molecular formula is C22H15BrClN3O4S. The number of nitrogens with zero attached hydrogens (tertiary/aromatic N) is 2. The summed E-state index contributed by atoms with van der Waals surface area (Å²) in [5.74, 6) is -0.468. The van der Waals surface area contributed by atoms with E-state index >= 15 is 0 Å². The summed E-state index contributed by atoms with van der Waals surface area (Å²) in [6, 6.07) is 15.8. The Balaban J connectivity index is 1.48. The number of carbonyl (C=O) groups excluding carboxylic acids is 1. The van der Waals surface area contributed by atoms with Gasteiger partial charge in [0.15, 0.2) is 0 Å². The molecule has 0 saturated heterocycles.